The van der Waals surface area contributed by atoms with Crippen LogP contribution in [0.3, 0.4) is 0 Å². The number of carbonyl (C=O) groups excluding carboxylic acids is 1. The van der Waals surface area contributed by atoms with Gasteiger partial charge < -0.3 is 9.64 Å². The molecule has 1 aliphatic heterocycles. The molecule has 112 valence electrons. The average Bonchev–Trinajstić information content (AvgIpc) is 2.95. The summed E-state index contributed by atoms with van der Waals surface area (Å²) in [6, 6.07) is 6.06. The summed E-state index contributed by atoms with van der Waals surface area (Å²) in [4.78, 5) is 16.1. The molecule has 6 nitrogen and oxygen atoms in total. The van der Waals surface area contributed by atoms with Crippen LogP contribution in [0, 0.1) is 0 Å². The van der Waals surface area contributed by atoms with Crippen molar-refractivity contribution in [2.45, 2.75) is 6.54 Å². The molecule has 0 spiro atoms. The highest BCUT2D eigenvalue weighted by molar-refractivity contribution is 7.00. The molecule has 0 radical (unpaired) electrons. The highest BCUT2D eigenvalue weighted by Gasteiger charge is 2.18. The zero-order chi connectivity index (χ0) is 14.7. The predicted octanol–water partition coefficient (Wildman–Crippen LogP) is 0.982. The Kier molecular flexibility index (Phi) is 4.42. The highest BCUT2D eigenvalue weighted by Crippen LogP contribution is 2.14. The van der Waals surface area contributed by atoms with Gasteiger partial charge in [0.05, 0.1) is 31.5 Å². The van der Waals surface area contributed by atoms with E-state index >= 15 is 0 Å². The van der Waals surface area contributed by atoms with Gasteiger partial charge in [-0.3, -0.25) is 9.69 Å². The van der Waals surface area contributed by atoms with E-state index in [2.05, 4.69) is 8.75 Å². The number of hydrogen-bond donors (Lipinski definition) is 0. The number of carbonyl (C=O) groups is 1. The Hall–Kier alpha value is -1.57. The van der Waals surface area contributed by atoms with Crippen molar-refractivity contribution in [1.82, 2.24) is 18.5 Å². The molecule has 1 aromatic heterocycles. The van der Waals surface area contributed by atoms with Crippen molar-refractivity contribution < 1.29 is 9.53 Å². The van der Waals surface area contributed by atoms with Crippen LogP contribution in [0.15, 0.2) is 18.2 Å². The first-order valence-electron chi connectivity index (χ1n) is 6.97. The van der Waals surface area contributed by atoms with Gasteiger partial charge >= 0.3 is 0 Å². The molecule has 0 saturated carbocycles. The topological polar surface area (TPSA) is 58.6 Å². The van der Waals surface area contributed by atoms with E-state index in [1.807, 2.05) is 35.0 Å². The molecule has 1 aromatic carbocycles. The number of morpholine rings is 1. The first kappa shape index (κ1) is 14.4. The van der Waals surface area contributed by atoms with Gasteiger partial charge in [-0.25, -0.2) is 0 Å². The molecule has 0 atom stereocenters. The molecular weight excluding hydrogens is 288 g/mol. The minimum absolute atomic E-state index is 0.164. The number of fused-ring (bicyclic) bond motifs is 1. The van der Waals surface area contributed by atoms with Crippen molar-refractivity contribution in [3.8, 4) is 0 Å². The van der Waals surface area contributed by atoms with E-state index in [1.54, 1.807) is 0 Å². The van der Waals surface area contributed by atoms with Crippen LogP contribution in [0.1, 0.15) is 5.56 Å². The quantitative estimate of drug-likeness (QED) is 0.843. The minimum Gasteiger partial charge on any atom is -0.378 e. The third kappa shape index (κ3) is 3.55. The summed E-state index contributed by atoms with van der Waals surface area (Å²) >= 11 is 1.22. The lowest BCUT2D eigenvalue weighted by atomic mass is 10.2. The number of rotatable bonds is 4. The van der Waals surface area contributed by atoms with Gasteiger partial charge in [-0.2, -0.15) is 8.75 Å². The van der Waals surface area contributed by atoms with Crippen LogP contribution in [-0.2, 0) is 16.1 Å². The number of amides is 1. The second kappa shape index (κ2) is 6.46. The maximum absolute atomic E-state index is 12.2. The van der Waals surface area contributed by atoms with Crippen molar-refractivity contribution in [2.24, 2.45) is 0 Å². The van der Waals surface area contributed by atoms with Crippen LogP contribution in [-0.4, -0.2) is 64.3 Å². The number of nitrogens with zero attached hydrogens (tertiary/aromatic N) is 4. The molecule has 7 heteroatoms. The van der Waals surface area contributed by atoms with E-state index < -0.39 is 0 Å². The lowest BCUT2D eigenvalue weighted by Crippen LogP contribution is -2.44. The first-order chi connectivity index (χ1) is 10.2. The molecule has 1 saturated heterocycles. The number of benzene rings is 1. The van der Waals surface area contributed by atoms with Crippen molar-refractivity contribution >= 4 is 28.7 Å². The van der Waals surface area contributed by atoms with E-state index in [9.17, 15) is 4.79 Å². The van der Waals surface area contributed by atoms with Crippen LogP contribution in [0.4, 0.5) is 0 Å². The molecule has 0 bridgehead atoms. The van der Waals surface area contributed by atoms with Crippen molar-refractivity contribution in [2.75, 3.05) is 39.9 Å². The van der Waals surface area contributed by atoms with Crippen LogP contribution in [0.5, 0.6) is 0 Å². The van der Waals surface area contributed by atoms with E-state index in [1.165, 1.54) is 11.7 Å². The molecule has 2 heterocycles. The second-order valence-corrected chi connectivity index (χ2v) is 5.78. The summed E-state index contributed by atoms with van der Waals surface area (Å²) in [5, 5.41) is 0. The Balaban J connectivity index is 1.57. The van der Waals surface area contributed by atoms with E-state index in [-0.39, 0.29) is 5.91 Å². The Bertz CT molecular complexity index is 624. The van der Waals surface area contributed by atoms with Gasteiger partial charge in [0.25, 0.3) is 0 Å². The van der Waals surface area contributed by atoms with E-state index in [0.29, 0.717) is 32.8 Å². The molecule has 1 fully saturated rings. The Morgan fingerprint density at radius 2 is 2.10 bits per heavy atom. The van der Waals surface area contributed by atoms with Gasteiger partial charge in [-0.1, -0.05) is 6.07 Å². The van der Waals surface area contributed by atoms with Gasteiger partial charge in [-0.15, -0.1) is 0 Å². The molecule has 2 aromatic rings. The maximum atomic E-state index is 12.2. The third-order valence-corrected chi connectivity index (χ3v) is 4.10. The highest BCUT2D eigenvalue weighted by atomic mass is 32.1. The van der Waals surface area contributed by atoms with Crippen LogP contribution < -0.4 is 0 Å². The van der Waals surface area contributed by atoms with Gasteiger partial charge in [0.1, 0.15) is 11.0 Å². The smallest absolute Gasteiger partial charge is 0.236 e. The summed E-state index contributed by atoms with van der Waals surface area (Å²) in [6.45, 7) is 3.83. The van der Waals surface area contributed by atoms with E-state index in [4.69, 9.17) is 4.74 Å². The summed E-state index contributed by atoms with van der Waals surface area (Å²) in [5.41, 5.74) is 2.99. The number of likely N-dealkylation sites (N-methyl/N-ethyl adjacent to an activating group) is 1. The first-order valence-corrected chi connectivity index (χ1v) is 7.71. The molecule has 1 amide bonds. The third-order valence-electron chi connectivity index (χ3n) is 3.54. The van der Waals surface area contributed by atoms with Gasteiger partial charge in [-0.05, 0) is 24.7 Å². The fourth-order valence-corrected chi connectivity index (χ4v) is 2.95. The maximum Gasteiger partial charge on any atom is 0.236 e. The molecular formula is C14H18N4O2S. The zero-order valence-corrected chi connectivity index (χ0v) is 12.8. The molecule has 0 N–H and O–H groups in total. The number of ether oxygens (including phenoxy) is 1. The SMILES string of the molecule is CN(CC(=O)N1CCOCC1)Cc1ccc2nsnc2c1. The van der Waals surface area contributed by atoms with Crippen LogP contribution in [0.2, 0.25) is 0 Å². The van der Waals surface area contributed by atoms with Crippen molar-refractivity contribution in [3.63, 3.8) is 0 Å². The van der Waals surface area contributed by atoms with Crippen LogP contribution in [0.25, 0.3) is 11.0 Å². The standard InChI is InChI=1S/C14H18N4O2S/c1-17(10-14(19)18-4-6-20-7-5-18)9-11-2-3-12-13(8-11)16-21-15-12/h2-3,8H,4-7,9-10H2,1H3. The summed E-state index contributed by atoms with van der Waals surface area (Å²) < 4.78 is 13.7. The molecule has 21 heavy (non-hydrogen) atoms. The van der Waals surface area contributed by atoms with Crippen molar-refractivity contribution in [1.29, 1.82) is 0 Å². The molecule has 0 unspecified atom stereocenters. The lowest BCUT2D eigenvalue weighted by Gasteiger charge is -2.28. The molecule has 3 rings (SSSR count). The van der Waals surface area contributed by atoms with Crippen molar-refractivity contribution in [3.05, 3.63) is 23.8 Å². The van der Waals surface area contributed by atoms with Gasteiger partial charge in [0.2, 0.25) is 5.91 Å². The summed E-state index contributed by atoms with van der Waals surface area (Å²) in [7, 11) is 1.96. The van der Waals surface area contributed by atoms with Gasteiger partial charge in [0, 0.05) is 19.6 Å². The minimum atomic E-state index is 0.164. The lowest BCUT2D eigenvalue weighted by molar-refractivity contribution is -0.136. The Labute approximate surface area is 127 Å². The fourth-order valence-electron chi connectivity index (χ4n) is 2.44. The number of hydrogen-bond acceptors (Lipinski definition) is 6. The predicted molar refractivity (Wildman–Crippen MR) is 81.1 cm³/mol. The average molecular weight is 306 g/mol. The monoisotopic (exact) mass is 306 g/mol. The van der Waals surface area contributed by atoms with E-state index in [0.717, 1.165) is 23.1 Å². The molecule has 0 aliphatic carbocycles. The second-order valence-electron chi connectivity index (χ2n) is 5.25. The fraction of sp³-hybridized carbons (Fsp3) is 0.500. The Morgan fingerprint density at radius 1 is 1.33 bits per heavy atom. The molecule has 1 aliphatic rings. The number of aromatic nitrogens is 2. The summed E-state index contributed by atoms with van der Waals surface area (Å²) in [6.07, 6.45) is 0. The largest absolute Gasteiger partial charge is 0.378 e. The Morgan fingerprint density at radius 3 is 2.90 bits per heavy atom. The zero-order valence-electron chi connectivity index (χ0n) is 12.0. The normalized spacial score (nSPS) is 15.8. The van der Waals surface area contributed by atoms with Gasteiger partial charge in [0.15, 0.2) is 0 Å². The summed E-state index contributed by atoms with van der Waals surface area (Å²) in [5.74, 6) is 0.164. The van der Waals surface area contributed by atoms with Crippen LogP contribution >= 0.6 is 11.7 Å².